The molecule has 0 unspecified atom stereocenters. The third kappa shape index (κ3) is 4.54. The van der Waals surface area contributed by atoms with E-state index in [0.29, 0.717) is 0 Å². The quantitative estimate of drug-likeness (QED) is 0.511. The minimum absolute atomic E-state index is 0.0552. The summed E-state index contributed by atoms with van der Waals surface area (Å²) < 4.78 is 4.89. The SMILES string of the molecule is O=C(COC(=O)c1cccc([N+](=O)[O-])c1)NC1CCCCC1. The van der Waals surface area contributed by atoms with Gasteiger partial charge in [0.15, 0.2) is 6.61 Å². The number of rotatable bonds is 5. The second-order valence-corrected chi connectivity index (χ2v) is 5.29. The number of carbonyl (C=O) groups is 2. The van der Waals surface area contributed by atoms with Crippen LogP contribution in [0.15, 0.2) is 24.3 Å². The summed E-state index contributed by atoms with van der Waals surface area (Å²) in [6.45, 7) is -0.377. The van der Waals surface area contributed by atoms with Gasteiger partial charge >= 0.3 is 5.97 Å². The lowest BCUT2D eigenvalue weighted by molar-refractivity contribution is -0.384. The molecule has 7 nitrogen and oxygen atoms in total. The molecule has 1 aromatic rings. The van der Waals surface area contributed by atoms with Gasteiger partial charge in [-0.05, 0) is 18.9 Å². The Bertz CT molecular complexity index is 567. The normalized spacial score (nSPS) is 15.1. The van der Waals surface area contributed by atoms with Crippen LogP contribution in [0.4, 0.5) is 5.69 Å². The van der Waals surface area contributed by atoms with Crippen molar-refractivity contribution in [2.75, 3.05) is 6.61 Å². The highest BCUT2D eigenvalue weighted by atomic mass is 16.6. The maximum absolute atomic E-state index is 11.8. The summed E-state index contributed by atoms with van der Waals surface area (Å²) in [5.41, 5.74) is -0.138. The Morgan fingerprint density at radius 3 is 2.68 bits per heavy atom. The molecule has 0 heterocycles. The van der Waals surface area contributed by atoms with Crippen LogP contribution in [0.5, 0.6) is 0 Å². The smallest absolute Gasteiger partial charge is 0.338 e. The van der Waals surface area contributed by atoms with E-state index in [1.807, 2.05) is 0 Å². The van der Waals surface area contributed by atoms with Crippen LogP contribution in [0.2, 0.25) is 0 Å². The van der Waals surface area contributed by atoms with Crippen LogP contribution >= 0.6 is 0 Å². The molecule has 1 aliphatic carbocycles. The molecule has 1 aromatic carbocycles. The number of hydrogen-bond donors (Lipinski definition) is 1. The zero-order chi connectivity index (χ0) is 15.9. The van der Waals surface area contributed by atoms with Gasteiger partial charge in [0, 0.05) is 18.2 Å². The molecule has 1 fully saturated rings. The van der Waals surface area contributed by atoms with Crippen molar-refractivity contribution in [1.29, 1.82) is 0 Å². The van der Waals surface area contributed by atoms with Crippen LogP contribution in [0, 0.1) is 10.1 Å². The van der Waals surface area contributed by atoms with Crippen LogP contribution in [-0.4, -0.2) is 29.4 Å². The van der Waals surface area contributed by atoms with Gasteiger partial charge in [0.2, 0.25) is 0 Å². The lowest BCUT2D eigenvalue weighted by Gasteiger charge is -2.22. The molecule has 7 heteroatoms. The van der Waals surface area contributed by atoms with Crippen LogP contribution in [-0.2, 0) is 9.53 Å². The summed E-state index contributed by atoms with van der Waals surface area (Å²) in [5, 5.41) is 13.5. The summed E-state index contributed by atoms with van der Waals surface area (Å²) in [6, 6.07) is 5.37. The lowest BCUT2D eigenvalue weighted by Crippen LogP contribution is -2.38. The zero-order valence-electron chi connectivity index (χ0n) is 12.1. The van der Waals surface area contributed by atoms with E-state index < -0.39 is 10.9 Å². The molecule has 118 valence electrons. The predicted octanol–water partition coefficient (Wildman–Crippen LogP) is 2.20. The van der Waals surface area contributed by atoms with Gasteiger partial charge < -0.3 is 10.1 Å². The highest BCUT2D eigenvalue weighted by Gasteiger charge is 2.18. The van der Waals surface area contributed by atoms with Gasteiger partial charge in [0.1, 0.15) is 0 Å². The van der Waals surface area contributed by atoms with E-state index in [0.717, 1.165) is 31.7 Å². The first-order valence-electron chi connectivity index (χ1n) is 7.27. The molecule has 0 atom stereocenters. The van der Waals surface area contributed by atoms with Crippen molar-refractivity contribution < 1.29 is 19.2 Å². The highest BCUT2D eigenvalue weighted by molar-refractivity contribution is 5.91. The number of nitrogens with one attached hydrogen (secondary N) is 1. The molecule has 1 saturated carbocycles. The number of amides is 1. The van der Waals surface area contributed by atoms with Gasteiger partial charge in [-0.15, -0.1) is 0 Å². The fourth-order valence-corrected chi connectivity index (χ4v) is 2.48. The minimum Gasteiger partial charge on any atom is -0.452 e. The van der Waals surface area contributed by atoms with Crippen molar-refractivity contribution in [3.63, 3.8) is 0 Å². The first-order valence-corrected chi connectivity index (χ1v) is 7.27. The fraction of sp³-hybridized carbons (Fsp3) is 0.467. The number of esters is 1. The molecule has 0 aliphatic heterocycles. The molecule has 0 bridgehead atoms. The molecule has 2 rings (SSSR count). The third-order valence-corrected chi connectivity index (χ3v) is 3.60. The van der Waals surface area contributed by atoms with E-state index in [1.165, 1.54) is 24.6 Å². The summed E-state index contributed by atoms with van der Waals surface area (Å²) in [4.78, 5) is 33.6. The average molecular weight is 306 g/mol. The number of nitrogens with zero attached hydrogens (tertiary/aromatic N) is 1. The molecule has 0 aromatic heterocycles. The lowest BCUT2D eigenvalue weighted by atomic mass is 9.95. The first kappa shape index (κ1) is 15.9. The van der Waals surface area contributed by atoms with Crippen LogP contribution in [0.1, 0.15) is 42.5 Å². The Labute approximate surface area is 127 Å². The van der Waals surface area contributed by atoms with Gasteiger partial charge in [0.05, 0.1) is 10.5 Å². The second-order valence-electron chi connectivity index (χ2n) is 5.29. The highest BCUT2D eigenvalue weighted by Crippen LogP contribution is 2.17. The van der Waals surface area contributed by atoms with Crippen molar-refractivity contribution in [2.45, 2.75) is 38.1 Å². The van der Waals surface area contributed by atoms with Gasteiger partial charge in [-0.1, -0.05) is 25.3 Å². The standard InChI is InChI=1S/C15H18N2O5/c18-14(16-12-6-2-1-3-7-12)10-22-15(19)11-5-4-8-13(9-11)17(20)21/h4-5,8-9,12H,1-3,6-7,10H2,(H,16,18). The predicted molar refractivity (Wildman–Crippen MR) is 78.4 cm³/mol. The Kier molecular flexibility index (Phi) is 5.46. The van der Waals surface area contributed by atoms with E-state index in [4.69, 9.17) is 4.74 Å². The molecule has 1 N–H and O–H groups in total. The Hall–Kier alpha value is -2.44. The van der Waals surface area contributed by atoms with Gasteiger partial charge in [-0.25, -0.2) is 4.79 Å². The molecular formula is C15H18N2O5. The number of nitro groups is 1. The molecule has 1 aliphatic rings. The summed E-state index contributed by atoms with van der Waals surface area (Å²) in [5.74, 6) is -1.09. The van der Waals surface area contributed by atoms with E-state index in [2.05, 4.69) is 5.32 Å². The zero-order valence-corrected chi connectivity index (χ0v) is 12.1. The maximum atomic E-state index is 11.8. The number of nitro benzene ring substituents is 1. The van der Waals surface area contributed by atoms with Crippen molar-refractivity contribution >= 4 is 17.6 Å². The molecule has 0 spiro atoms. The number of hydrogen-bond acceptors (Lipinski definition) is 5. The van der Waals surface area contributed by atoms with Gasteiger partial charge in [-0.2, -0.15) is 0 Å². The van der Waals surface area contributed by atoms with Gasteiger partial charge in [-0.3, -0.25) is 14.9 Å². The Morgan fingerprint density at radius 1 is 1.27 bits per heavy atom. The molecular weight excluding hydrogens is 288 g/mol. The van der Waals surface area contributed by atoms with Gasteiger partial charge in [0.25, 0.3) is 11.6 Å². The number of benzene rings is 1. The summed E-state index contributed by atoms with van der Waals surface area (Å²) >= 11 is 0. The van der Waals surface area contributed by atoms with Crippen LogP contribution in [0.3, 0.4) is 0 Å². The topological polar surface area (TPSA) is 98.5 Å². The number of non-ortho nitro benzene ring substituents is 1. The van der Waals surface area contributed by atoms with E-state index in [9.17, 15) is 19.7 Å². The summed E-state index contributed by atoms with van der Waals surface area (Å²) in [7, 11) is 0. The van der Waals surface area contributed by atoms with Crippen LogP contribution < -0.4 is 5.32 Å². The largest absolute Gasteiger partial charge is 0.452 e. The van der Waals surface area contributed by atoms with E-state index in [1.54, 1.807) is 0 Å². The second kappa shape index (κ2) is 7.53. The van der Waals surface area contributed by atoms with Crippen molar-refractivity contribution in [2.24, 2.45) is 0 Å². The minimum atomic E-state index is -0.748. The first-order chi connectivity index (χ1) is 10.6. The fourth-order valence-electron chi connectivity index (χ4n) is 2.48. The molecule has 0 radical (unpaired) electrons. The number of carbonyl (C=O) groups excluding carboxylic acids is 2. The average Bonchev–Trinajstić information content (AvgIpc) is 2.53. The molecule has 1 amide bonds. The number of ether oxygens (including phenoxy) is 1. The van der Waals surface area contributed by atoms with Crippen molar-refractivity contribution in [1.82, 2.24) is 5.32 Å². The van der Waals surface area contributed by atoms with Crippen molar-refractivity contribution in [3.8, 4) is 0 Å². The van der Waals surface area contributed by atoms with Crippen LogP contribution in [0.25, 0.3) is 0 Å². The maximum Gasteiger partial charge on any atom is 0.338 e. The Morgan fingerprint density at radius 2 is 2.00 bits per heavy atom. The molecule has 22 heavy (non-hydrogen) atoms. The molecule has 0 saturated heterocycles. The third-order valence-electron chi connectivity index (χ3n) is 3.60. The van der Waals surface area contributed by atoms with E-state index >= 15 is 0 Å². The van der Waals surface area contributed by atoms with Crippen molar-refractivity contribution in [3.05, 3.63) is 39.9 Å². The monoisotopic (exact) mass is 306 g/mol. The van der Waals surface area contributed by atoms with E-state index in [-0.39, 0.29) is 29.8 Å². The summed E-state index contributed by atoms with van der Waals surface area (Å²) in [6.07, 6.45) is 5.28. The Balaban J connectivity index is 1.82.